The Kier molecular flexibility index (Phi) is 2.86. The molecule has 0 unspecified atom stereocenters. The molecule has 0 saturated carbocycles. The van der Waals surface area contributed by atoms with E-state index in [0.29, 0.717) is 10.7 Å². The van der Waals surface area contributed by atoms with Crippen LogP contribution in [0, 0.1) is 6.92 Å². The summed E-state index contributed by atoms with van der Waals surface area (Å²) in [7, 11) is 0. The van der Waals surface area contributed by atoms with E-state index < -0.39 is 6.67 Å². The number of halogens is 1. The fourth-order valence-corrected chi connectivity index (χ4v) is 1.18. The van der Waals surface area contributed by atoms with E-state index in [2.05, 4.69) is 9.97 Å². The number of hydrogen-bond acceptors (Lipinski definition) is 3. The summed E-state index contributed by atoms with van der Waals surface area (Å²) in [5, 5.41) is 0.457. The van der Waals surface area contributed by atoms with E-state index in [1.807, 2.05) is 0 Å². The summed E-state index contributed by atoms with van der Waals surface area (Å²) < 4.78 is 12.3. The van der Waals surface area contributed by atoms with Crippen molar-refractivity contribution < 1.29 is 4.39 Å². The summed E-state index contributed by atoms with van der Waals surface area (Å²) in [6, 6.07) is 0. The van der Waals surface area contributed by atoms with Crippen LogP contribution in [0.1, 0.15) is 11.3 Å². The first-order valence-corrected chi connectivity index (χ1v) is 4.61. The SMILES string of the molecule is CSc1nc(CF)c(C)c(=O)[nH]1. The number of alkyl halides is 1. The number of aromatic nitrogens is 2. The molecule has 0 aliphatic carbocycles. The molecule has 0 saturated heterocycles. The lowest BCUT2D eigenvalue weighted by Crippen LogP contribution is -2.15. The molecule has 0 spiro atoms. The van der Waals surface area contributed by atoms with Gasteiger partial charge in [-0.1, -0.05) is 11.8 Å². The van der Waals surface area contributed by atoms with Crippen molar-refractivity contribution in [2.24, 2.45) is 0 Å². The maximum Gasteiger partial charge on any atom is 0.254 e. The zero-order valence-corrected chi connectivity index (χ0v) is 7.67. The summed E-state index contributed by atoms with van der Waals surface area (Å²) in [6.07, 6.45) is 1.77. The van der Waals surface area contributed by atoms with Crippen molar-refractivity contribution in [1.29, 1.82) is 0 Å². The van der Waals surface area contributed by atoms with Crippen molar-refractivity contribution in [1.82, 2.24) is 9.97 Å². The van der Waals surface area contributed by atoms with Crippen LogP contribution in [0.4, 0.5) is 4.39 Å². The van der Waals surface area contributed by atoms with Gasteiger partial charge in [-0.3, -0.25) is 4.79 Å². The molecule has 66 valence electrons. The van der Waals surface area contributed by atoms with Crippen LogP contribution in [0.5, 0.6) is 0 Å². The van der Waals surface area contributed by atoms with E-state index in [0.717, 1.165) is 0 Å². The molecule has 5 heteroatoms. The van der Waals surface area contributed by atoms with E-state index in [-0.39, 0.29) is 11.3 Å². The van der Waals surface area contributed by atoms with Crippen LogP contribution in [0.25, 0.3) is 0 Å². The van der Waals surface area contributed by atoms with Gasteiger partial charge in [0.1, 0.15) is 6.67 Å². The van der Waals surface area contributed by atoms with Crippen molar-refractivity contribution in [3.8, 4) is 0 Å². The lowest BCUT2D eigenvalue weighted by molar-refractivity contribution is 0.469. The lowest BCUT2D eigenvalue weighted by Gasteiger charge is -2.00. The van der Waals surface area contributed by atoms with Crippen LogP contribution in [0.15, 0.2) is 9.95 Å². The van der Waals surface area contributed by atoms with Crippen molar-refractivity contribution in [3.05, 3.63) is 21.6 Å². The second-order valence-corrected chi connectivity index (χ2v) is 3.08. The topological polar surface area (TPSA) is 45.8 Å². The summed E-state index contributed by atoms with van der Waals surface area (Å²) in [6.45, 7) is 0.869. The minimum Gasteiger partial charge on any atom is -0.301 e. The molecular formula is C7H9FN2OS. The van der Waals surface area contributed by atoms with Gasteiger partial charge in [0.25, 0.3) is 5.56 Å². The van der Waals surface area contributed by atoms with Crippen molar-refractivity contribution in [2.45, 2.75) is 18.8 Å². The van der Waals surface area contributed by atoms with Crippen molar-refractivity contribution in [3.63, 3.8) is 0 Å². The monoisotopic (exact) mass is 188 g/mol. The first kappa shape index (κ1) is 9.25. The Balaban J connectivity index is 3.29. The van der Waals surface area contributed by atoms with Gasteiger partial charge in [0.15, 0.2) is 5.16 Å². The number of thioether (sulfide) groups is 1. The van der Waals surface area contributed by atoms with Gasteiger partial charge in [-0.25, -0.2) is 9.37 Å². The van der Waals surface area contributed by atoms with Gasteiger partial charge in [-0.2, -0.15) is 0 Å². The second kappa shape index (κ2) is 3.71. The zero-order valence-electron chi connectivity index (χ0n) is 6.85. The maximum absolute atomic E-state index is 12.3. The van der Waals surface area contributed by atoms with E-state index in [9.17, 15) is 9.18 Å². The summed E-state index contributed by atoms with van der Waals surface area (Å²) >= 11 is 1.29. The van der Waals surface area contributed by atoms with Crippen LogP contribution in [-0.2, 0) is 6.67 Å². The minimum absolute atomic E-state index is 0.225. The highest BCUT2D eigenvalue weighted by molar-refractivity contribution is 7.98. The second-order valence-electron chi connectivity index (χ2n) is 2.28. The summed E-state index contributed by atoms with van der Waals surface area (Å²) in [4.78, 5) is 17.5. The fraction of sp³-hybridized carbons (Fsp3) is 0.429. The molecule has 12 heavy (non-hydrogen) atoms. The highest BCUT2D eigenvalue weighted by Gasteiger charge is 2.05. The van der Waals surface area contributed by atoms with Crippen LogP contribution in [0.3, 0.4) is 0 Å². The number of nitrogens with zero attached hydrogens (tertiary/aromatic N) is 1. The van der Waals surface area contributed by atoms with Crippen molar-refractivity contribution in [2.75, 3.05) is 6.26 Å². The Labute approximate surface area is 73.4 Å². The number of hydrogen-bond donors (Lipinski definition) is 1. The predicted molar refractivity (Wildman–Crippen MR) is 46.2 cm³/mol. The van der Waals surface area contributed by atoms with Gasteiger partial charge < -0.3 is 4.98 Å². The number of H-pyrrole nitrogens is 1. The van der Waals surface area contributed by atoms with Gasteiger partial charge >= 0.3 is 0 Å². The zero-order chi connectivity index (χ0) is 9.14. The first-order chi connectivity index (χ1) is 5.69. The number of rotatable bonds is 2. The average Bonchev–Trinajstić information content (AvgIpc) is 2.09. The van der Waals surface area contributed by atoms with Crippen LogP contribution >= 0.6 is 11.8 Å². The fourth-order valence-electron chi connectivity index (χ4n) is 0.783. The Morgan fingerprint density at radius 2 is 2.33 bits per heavy atom. The Morgan fingerprint density at radius 1 is 1.67 bits per heavy atom. The van der Waals surface area contributed by atoms with E-state index in [1.54, 1.807) is 13.2 Å². The Hall–Kier alpha value is -0.840. The lowest BCUT2D eigenvalue weighted by atomic mass is 10.3. The largest absolute Gasteiger partial charge is 0.301 e. The molecule has 0 aliphatic heterocycles. The molecule has 3 nitrogen and oxygen atoms in total. The molecule has 0 amide bonds. The highest BCUT2D eigenvalue weighted by Crippen LogP contribution is 2.08. The third kappa shape index (κ3) is 1.66. The standard InChI is InChI=1S/C7H9FN2OS/c1-4-5(3-8)9-7(12-2)10-6(4)11/h3H2,1-2H3,(H,9,10,11). The molecule has 0 aliphatic rings. The molecule has 1 aromatic heterocycles. The molecular weight excluding hydrogens is 179 g/mol. The van der Waals surface area contributed by atoms with Crippen molar-refractivity contribution >= 4 is 11.8 Å². The smallest absolute Gasteiger partial charge is 0.254 e. The Morgan fingerprint density at radius 3 is 2.83 bits per heavy atom. The highest BCUT2D eigenvalue weighted by atomic mass is 32.2. The summed E-state index contributed by atoms with van der Waals surface area (Å²) in [5.41, 5.74) is 0.320. The van der Waals surface area contributed by atoms with Crippen LogP contribution < -0.4 is 5.56 Å². The molecule has 0 radical (unpaired) electrons. The number of nitrogens with one attached hydrogen (secondary N) is 1. The summed E-state index contributed by atoms with van der Waals surface area (Å²) in [5.74, 6) is 0. The minimum atomic E-state index is -0.691. The molecule has 1 rings (SSSR count). The van der Waals surface area contributed by atoms with Gasteiger partial charge in [-0.15, -0.1) is 0 Å². The quantitative estimate of drug-likeness (QED) is 0.561. The van der Waals surface area contributed by atoms with E-state index in [4.69, 9.17) is 0 Å². The van der Waals surface area contributed by atoms with E-state index >= 15 is 0 Å². The number of aromatic amines is 1. The molecule has 1 heterocycles. The van der Waals surface area contributed by atoms with Gasteiger partial charge in [0.05, 0.1) is 5.69 Å². The molecule has 0 bridgehead atoms. The molecule has 1 N–H and O–H groups in total. The van der Waals surface area contributed by atoms with Crippen LogP contribution in [0.2, 0.25) is 0 Å². The molecule has 0 aromatic carbocycles. The normalized spacial score (nSPS) is 10.2. The maximum atomic E-state index is 12.3. The molecule has 0 fully saturated rings. The van der Waals surface area contributed by atoms with Gasteiger partial charge in [0, 0.05) is 5.56 Å². The Bertz CT molecular complexity index is 337. The molecule has 0 atom stereocenters. The van der Waals surface area contributed by atoms with Gasteiger partial charge in [-0.05, 0) is 13.2 Å². The van der Waals surface area contributed by atoms with Gasteiger partial charge in [0.2, 0.25) is 0 Å². The average molecular weight is 188 g/mol. The van der Waals surface area contributed by atoms with Crippen LogP contribution in [-0.4, -0.2) is 16.2 Å². The predicted octanol–water partition coefficient (Wildman–Crippen LogP) is 1.27. The van der Waals surface area contributed by atoms with E-state index in [1.165, 1.54) is 11.8 Å². The molecule has 1 aromatic rings. The third-order valence-corrected chi connectivity index (χ3v) is 2.13. The third-order valence-electron chi connectivity index (χ3n) is 1.55. The first-order valence-electron chi connectivity index (χ1n) is 3.38.